The standard InChI is InChI=1S/C33H22N2/c1-22-15-17-25-26-18-16-23(21-34)20-30(26)33(29(25)19-22)27-11-5-7-13-31(27)35(24-9-3-2-4-10-24)32-14-8-6-12-28(32)33/h2-20H,1H3. The molecular weight excluding hydrogens is 424 g/mol. The van der Waals surface area contributed by atoms with Crippen LogP contribution in [0.3, 0.4) is 0 Å². The Morgan fingerprint density at radius 3 is 1.83 bits per heavy atom. The van der Waals surface area contributed by atoms with E-state index in [2.05, 4.69) is 127 Å². The highest BCUT2D eigenvalue weighted by atomic mass is 15.2. The Morgan fingerprint density at radius 2 is 1.17 bits per heavy atom. The number of aryl methyl sites for hydroxylation is 1. The number of hydrogen-bond acceptors (Lipinski definition) is 2. The zero-order valence-corrected chi connectivity index (χ0v) is 19.4. The van der Waals surface area contributed by atoms with Gasteiger partial charge in [0.2, 0.25) is 0 Å². The van der Waals surface area contributed by atoms with Gasteiger partial charge in [0.15, 0.2) is 0 Å². The van der Waals surface area contributed by atoms with Crippen molar-refractivity contribution in [2.75, 3.05) is 4.90 Å². The molecule has 0 saturated carbocycles. The molecule has 0 amide bonds. The summed E-state index contributed by atoms with van der Waals surface area (Å²) in [5.74, 6) is 0. The van der Waals surface area contributed by atoms with Crippen LogP contribution in [-0.2, 0) is 5.41 Å². The lowest BCUT2D eigenvalue weighted by Crippen LogP contribution is -2.36. The molecule has 0 atom stereocenters. The molecule has 0 bridgehead atoms. The zero-order chi connectivity index (χ0) is 23.6. The normalized spacial score (nSPS) is 14.0. The van der Waals surface area contributed by atoms with Gasteiger partial charge >= 0.3 is 0 Å². The van der Waals surface area contributed by atoms with Gasteiger partial charge in [-0.3, -0.25) is 0 Å². The second-order valence-electron chi connectivity index (χ2n) is 9.38. The largest absolute Gasteiger partial charge is 0.310 e. The molecule has 0 saturated heterocycles. The van der Waals surface area contributed by atoms with Gasteiger partial charge in [0, 0.05) is 5.69 Å². The van der Waals surface area contributed by atoms with E-state index in [1.54, 1.807) is 0 Å². The summed E-state index contributed by atoms with van der Waals surface area (Å²) in [7, 11) is 0. The third-order valence-corrected chi connectivity index (χ3v) is 7.53. The first kappa shape index (κ1) is 19.8. The molecule has 1 aliphatic carbocycles. The Bertz CT molecular complexity index is 1630. The molecule has 0 fully saturated rings. The Balaban J connectivity index is 1.68. The number of nitrogens with zero attached hydrogens (tertiary/aromatic N) is 2. The summed E-state index contributed by atoms with van der Waals surface area (Å²) in [4.78, 5) is 2.37. The van der Waals surface area contributed by atoms with Crippen molar-refractivity contribution in [1.82, 2.24) is 0 Å². The highest BCUT2D eigenvalue weighted by Gasteiger charge is 2.51. The first-order chi connectivity index (χ1) is 17.2. The van der Waals surface area contributed by atoms with E-state index in [1.807, 2.05) is 6.07 Å². The second kappa shape index (κ2) is 7.19. The molecule has 164 valence electrons. The summed E-state index contributed by atoms with van der Waals surface area (Å²) in [6.45, 7) is 2.16. The second-order valence-corrected chi connectivity index (χ2v) is 9.38. The molecule has 5 aromatic carbocycles. The molecule has 1 spiro atoms. The van der Waals surface area contributed by atoms with Crippen molar-refractivity contribution >= 4 is 17.1 Å². The van der Waals surface area contributed by atoms with Crippen LogP contribution in [0.25, 0.3) is 11.1 Å². The average Bonchev–Trinajstić information content (AvgIpc) is 3.19. The predicted molar refractivity (Wildman–Crippen MR) is 141 cm³/mol. The number of anilines is 3. The number of fused-ring (bicyclic) bond motifs is 9. The van der Waals surface area contributed by atoms with Crippen molar-refractivity contribution in [1.29, 1.82) is 5.26 Å². The number of hydrogen-bond donors (Lipinski definition) is 0. The van der Waals surface area contributed by atoms with Crippen molar-refractivity contribution in [3.05, 3.63) is 149 Å². The lowest BCUT2D eigenvalue weighted by molar-refractivity contribution is 0.751. The fourth-order valence-corrected chi connectivity index (χ4v) is 6.19. The van der Waals surface area contributed by atoms with E-state index < -0.39 is 5.41 Å². The van der Waals surface area contributed by atoms with Crippen LogP contribution in [0.1, 0.15) is 33.4 Å². The van der Waals surface area contributed by atoms with E-state index in [0.717, 1.165) is 5.69 Å². The van der Waals surface area contributed by atoms with E-state index in [9.17, 15) is 5.26 Å². The molecule has 0 aromatic heterocycles. The average molecular weight is 447 g/mol. The first-order valence-electron chi connectivity index (χ1n) is 11.9. The highest BCUT2D eigenvalue weighted by molar-refractivity contribution is 5.95. The first-order valence-corrected chi connectivity index (χ1v) is 11.9. The molecule has 2 heteroatoms. The molecule has 7 rings (SSSR count). The molecule has 2 nitrogen and oxygen atoms in total. The van der Waals surface area contributed by atoms with E-state index in [0.29, 0.717) is 5.56 Å². The van der Waals surface area contributed by atoms with Crippen LogP contribution >= 0.6 is 0 Å². The van der Waals surface area contributed by atoms with Gasteiger partial charge in [-0.25, -0.2) is 0 Å². The molecule has 0 radical (unpaired) electrons. The van der Waals surface area contributed by atoms with Gasteiger partial charge in [-0.15, -0.1) is 0 Å². The lowest BCUT2D eigenvalue weighted by atomic mass is 9.64. The number of benzene rings is 5. The van der Waals surface area contributed by atoms with Gasteiger partial charge < -0.3 is 4.90 Å². The summed E-state index contributed by atoms with van der Waals surface area (Å²) in [5.41, 5.74) is 12.3. The summed E-state index contributed by atoms with van der Waals surface area (Å²) >= 11 is 0. The third kappa shape index (κ3) is 2.53. The molecule has 1 aliphatic heterocycles. The van der Waals surface area contributed by atoms with Gasteiger partial charge in [-0.2, -0.15) is 5.26 Å². The van der Waals surface area contributed by atoms with Crippen molar-refractivity contribution in [2.45, 2.75) is 12.3 Å². The molecule has 0 N–H and O–H groups in total. The van der Waals surface area contributed by atoms with Crippen LogP contribution in [0, 0.1) is 18.3 Å². The van der Waals surface area contributed by atoms with Gasteiger partial charge in [-0.05, 0) is 76.7 Å². The topological polar surface area (TPSA) is 27.0 Å². The Hall–Kier alpha value is -4.61. The molecular formula is C33H22N2. The predicted octanol–water partition coefficient (Wildman–Crippen LogP) is 8.01. The van der Waals surface area contributed by atoms with E-state index in [4.69, 9.17) is 0 Å². The molecule has 5 aromatic rings. The Labute approximate surface area is 205 Å². The zero-order valence-electron chi connectivity index (χ0n) is 19.4. The minimum Gasteiger partial charge on any atom is -0.310 e. The van der Waals surface area contributed by atoms with Crippen molar-refractivity contribution in [2.24, 2.45) is 0 Å². The molecule has 0 unspecified atom stereocenters. The van der Waals surface area contributed by atoms with E-state index in [1.165, 1.54) is 50.3 Å². The summed E-state index contributed by atoms with van der Waals surface area (Å²) < 4.78 is 0. The van der Waals surface area contributed by atoms with Crippen molar-refractivity contribution < 1.29 is 0 Å². The van der Waals surface area contributed by atoms with Crippen LogP contribution in [0.5, 0.6) is 0 Å². The molecule has 1 heterocycles. The maximum Gasteiger partial charge on any atom is 0.0991 e. The SMILES string of the molecule is Cc1ccc2c(c1)C1(c3cc(C#N)ccc3-2)c2ccccc2N(c2ccccc2)c2ccccc21. The van der Waals surface area contributed by atoms with Crippen LogP contribution in [0.2, 0.25) is 0 Å². The number of para-hydroxylation sites is 3. The van der Waals surface area contributed by atoms with Gasteiger partial charge in [0.1, 0.15) is 0 Å². The Morgan fingerprint density at radius 1 is 0.600 bits per heavy atom. The van der Waals surface area contributed by atoms with Crippen molar-refractivity contribution in [3.63, 3.8) is 0 Å². The minimum absolute atomic E-state index is 0.498. The van der Waals surface area contributed by atoms with Crippen LogP contribution in [-0.4, -0.2) is 0 Å². The number of rotatable bonds is 1. The maximum absolute atomic E-state index is 9.84. The summed E-state index contributed by atoms with van der Waals surface area (Å²) in [5, 5.41) is 9.84. The summed E-state index contributed by atoms with van der Waals surface area (Å²) in [6.07, 6.45) is 0. The lowest BCUT2D eigenvalue weighted by Gasteiger charge is -2.45. The summed E-state index contributed by atoms with van der Waals surface area (Å²) in [6, 6.07) is 43.4. The maximum atomic E-state index is 9.84. The minimum atomic E-state index is -0.498. The monoisotopic (exact) mass is 446 g/mol. The third-order valence-electron chi connectivity index (χ3n) is 7.53. The van der Waals surface area contributed by atoms with Gasteiger partial charge in [0.05, 0.1) is 28.4 Å². The Kier molecular flexibility index (Phi) is 4.07. The van der Waals surface area contributed by atoms with Crippen molar-refractivity contribution in [3.8, 4) is 17.2 Å². The van der Waals surface area contributed by atoms with E-state index in [-0.39, 0.29) is 0 Å². The fourth-order valence-electron chi connectivity index (χ4n) is 6.19. The van der Waals surface area contributed by atoms with Gasteiger partial charge in [-0.1, -0.05) is 84.4 Å². The van der Waals surface area contributed by atoms with Crippen LogP contribution < -0.4 is 4.90 Å². The molecule has 2 aliphatic rings. The van der Waals surface area contributed by atoms with Crippen LogP contribution in [0.15, 0.2) is 115 Å². The molecule has 35 heavy (non-hydrogen) atoms. The highest BCUT2D eigenvalue weighted by Crippen LogP contribution is 2.63. The fraction of sp³-hybridized carbons (Fsp3) is 0.0606. The van der Waals surface area contributed by atoms with Crippen LogP contribution in [0.4, 0.5) is 17.1 Å². The smallest absolute Gasteiger partial charge is 0.0991 e. The van der Waals surface area contributed by atoms with Gasteiger partial charge in [0.25, 0.3) is 0 Å². The quantitative estimate of drug-likeness (QED) is 0.255. The number of nitriles is 1. The van der Waals surface area contributed by atoms with E-state index >= 15 is 0 Å².